The first kappa shape index (κ1) is 14.1. The molecule has 0 bridgehead atoms. The van der Waals surface area contributed by atoms with E-state index in [0.717, 1.165) is 0 Å². The maximum absolute atomic E-state index is 12.3. The third kappa shape index (κ3) is 3.24. The lowest BCUT2D eigenvalue weighted by Gasteiger charge is -2.08. The molecule has 1 nitrogen and oxygen atoms in total. The van der Waals surface area contributed by atoms with E-state index < -0.39 is 0 Å². The van der Waals surface area contributed by atoms with Gasteiger partial charge in [-0.3, -0.25) is 4.79 Å². The van der Waals surface area contributed by atoms with Crippen LogP contribution >= 0.6 is 0 Å². The molecule has 21 heavy (non-hydrogen) atoms. The van der Waals surface area contributed by atoms with Crippen molar-refractivity contribution in [2.24, 2.45) is 0 Å². The highest BCUT2D eigenvalue weighted by Gasteiger charge is 2.13. The van der Waals surface area contributed by atoms with Crippen molar-refractivity contribution in [3.63, 3.8) is 0 Å². The minimum atomic E-state index is 0.307. The predicted molar refractivity (Wildman–Crippen MR) is 86.8 cm³/mol. The highest BCUT2D eigenvalue weighted by Crippen LogP contribution is 2.23. The number of rotatable bonds is 4. The van der Waals surface area contributed by atoms with Crippen molar-refractivity contribution in [2.45, 2.75) is 46.0 Å². The molecule has 0 N–H and O–H groups in total. The van der Waals surface area contributed by atoms with Crippen LogP contribution in [0, 0.1) is 13.8 Å². The number of aryl methyl sites for hydroxylation is 4. The van der Waals surface area contributed by atoms with Gasteiger partial charge in [0.1, 0.15) is 5.78 Å². The van der Waals surface area contributed by atoms with Crippen LogP contribution in [-0.2, 0) is 30.5 Å². The van der Waals surface area contributed by atoms with Crippen molar-refractivity contribution >= 4 is 5.78 Å². The van der Waals surface area contributed by atoms with Gasteiger partial charge < -0.3 is 0 Å². The van der Waals surface area contributed by atoms with Crippen LogP contribution < -0.4 is 0 Å². The summed E-state index contributed by atoms with van der Waals surface area (Å²) in [6, 6.07) is 12.9. The zero-order valence-electron chi connectivity index (χ0n) is 12.9. The molecular weight excluding hydrogens is 256 g/mol. The van der Waals surface area contributed by atoms with E-state index in [-0.39, 0.29) is 0 Å². The van der Waals surface area contributed by atoms with Gasteiger partial charge in [0.05, 0.1) is 0 Å². The molecule has 108 valence electrons. The molecule has 0 unspecified atom stereocenters. The van der Waals surface area contributed by atoms with Crippen LogP contribution in [0.3, 0.4) is 0 Å². The summed E-state index contributed by atoms with van der Waals surface area (Å²) in [6.07, 6.45) is 4.74. The SMILES string of the molecule is Cc1ccc(C)c(CC(=O)Cc2ccc3c(c2)CCC3)c1. The van der Waals surface area contributed by atoms with Crippen molar-refractivity contribution < 1.29 is 4.79 Å². The monoisotopic (exact) mass is 278 g/mol. The first-order valence-electron chi connectivity index (χ1n) is 7.80. The van der Waals surface area contributed by atoms with Gasteiger partial charge in [0.2, 0.25) is 0 Å². The van der Waals surface area contributed by atoms with Crippen LogP contribution in [0.25, 0.3) is 0 Å². The molecule has 0 saturated carbocycles. The zero-order valence-corrected chi connectivity index (χ0v) is 12.9. The van der Waals surface area contributed by atoms with Gasteiger partial charge in [-0.1, -0.05) is 42.0 Å². The van der Waals surface area contributed by atoms with Gasteiger partial charge in [-0.25, -0.2) is 0 Å². The Morgan fingerprint density at radius 2 is 1.76 bits per heavy atom. The second-order valence-corrected chi connectivity index (χ2v) is 6.28. The number of carbonyl (C=O) groups is 1. The first-order valence-corrected chi connectivity index (χ1v) is 7.80. The number of carbonyl (C=O) groups excluding carboxylic acids is 1. The van der Waals surface area contributed by atoms with Gasteiger partial charge in [0, 0.05) is 12.8 Å². The first-order chi connectivity index (χ1) is 10.1. The Labute approximate surface area is 127 Å². The van der Waals surface area contributed by atoms with Crippen LogP contribution in [0.15, 0.2) is 36.4 Å². The van der Waals surface area contributed by atoms with Crippen molar-refractivity contribution in [2.75, 3.05) is 0 Å². The average molecular weight is 278 g/mol. The van der Waals surface area contributed by atoms with E-state index in [1.165, 1.54) is 52.6 Å². The van der Waals surface area contributed by atoms with E-state index >= 15 is 0 Å². The lowest BCUT2D eigenvalue weighted by atomic mass is 9.97. The minimum absolute atomic E-state index is 0.307. The Morgan fingerprint density at radius 1 is 0.952 bits per heavy atom. The number of hydrogen-bond donors (Lipinski definition) is 0. The van der Waals surface area contributed by atoms with Crippen LogP contribution in [0.4, 0.5) is 0 Å². The molecule has 0 amide bonds. The third-order valence-electron chi connectivity index (χ3n) is 4.46. The summed E-state index contributed by atoms with van der Waals surface area (Å²) in [7, 11) is 0. The molecule has 0 fully saturated rings. The number of benzene rings is 2. The van der Waals surface area contributed by atoms with Crippen molar-refractivity contribution in [1.82, 2.24) is 0 Å². The molecular formula is C20H22O. The number of fused-ring (bicyclic) bond motifs is 1. The summed E-state index contributed by atoms with van der Waals surface area (Å²) in [4.78, 5) is 12.3. The topological polar surface area (TPSA) is 17.1 Å². The summed E-state index contributed by atoms with van der Waals surface area (Å²) >= 11 is 0. The molecule has 0 radical (unpaired) electrons. The van der Waals surface area contributed by atoms with E-state index in [1.54, 1.807) is 0 Å². The second kappa shape index (κ2) is 5.85. The zero-order chi connectivity index (χ0) is 14.8. The van der Waals surface area contributed by atoms with Gasteiger partial charge >= 0.3 is 0 Å². The van der Waals surface area contributed by atoms with E-state index in [4.69, 9.17) is 0 Å². The predicted octanol–water partition coefficient (Wildman–Crippen LogP) is 4.15. The maximum atomic E-state index is 12.3. The number of Topliss-reactive ketones (excluding diaryl/α,β-unsaturated/α-hetero) is 1. The van der Waals surface area contributed by atoms with Gasteiger partial charge in [-0.2, -0.15) is 0 Å². The van der Waals surface area contributed by atoms with Gasteiger partial charge in [-0.05, 0) is 60.9 Å². The fourth-order valence-electron chi connectivity index (χ4n) is 3.23. The Kier molecular flexibility index (Phi) is 3.92. The van der Waals surface area contributed by atoms with Crippen molar-refractivity contribution in [3.05, 3.63) is 69.8 Å². The number of hydrogen-bond acceptors (Lipinski definition) is 1. The Balaban J connectivity index is 1.70. The summed E-state index contributed by atoms with van der Waals surface area (Å²) in [5.74, 6) is 0.307. The normalized spacial score (nSPS) is 13.2. The van der Waals surface area contributed by atoms with Gasteiger partial charge in [-0.15, -0.1) is 0 Å². The molecule has 2 aromatic carbocycles. The van der Waals surface area contributed by atoms with Gasteiger partial charge in [0.25, 0.3) is 0 Å². The fraction of sp³-hybridized carbons (Fsp3) is 0.350. The van der Waals surface area contributed by atoms with Crippen LogP contribution in [0.2, 0.25) is 0 Å². The molecule has 1 heteroatoms. The molecule has 1 aliphatic carbocycles. The lowest BCUT2D eigenvalue weighted by molar-refractivity contribution is -0.117. The fourth-order valence-corrected chi connectivity index (χ4v) is 3.23. The Bertz CT molecular complexity index is 682. The molecule has 0 heterocycles. The summed E-state index contributed by atoms with van der Waals surface area (Å²) < 4.78 is 0. The Hall–Kier alpha value is -1.89. The van der Waals surface area contributed by atoms with Gasteiger partial charge in [0.15, 0.2) is 0 Å². The van der Waals surface area contributed by atoms with Crippen LogP contribution in [0.5, 0.6) is 0 Å². The van der Waals surface area contributed by atoms with Crippen molar-refractivity contribution in [3.8, 4) is 0 Å². The smallest absolute Gasteiger partial charge is 0.141 e. The van der Waals surface area contributed by atoms with E-state index in [1.807, 2.05) is 0 Å². The van der Waals surface area contributed by atoms with Crippen molar-refractivity contribution in [1.29, 1.82) is 0 Å². The van der Waals surface area contributed by atoms with E-state index in [2.05, 4.69) is 50.2 Å². The molecule has 1 aliphatic rings. The van der Waals surface area contributed by atoms with E-state index in [9.17, 15) is 4.79 Å². The molecule has 0 aliphatic heterocycles. The number of ketones is 1. The second-order valence-electron chi connectivity index (χ2n) is 6.28. The van der Waals surface area contributed by atoms with Crippen LogP contribution in [0.1, 0.15) is 39.8 Å². The molecule has 3 rings (SSSR count). The summed E-state index contributed by atoms with van der Waals surface area (Å²) in [5.41, 5.74) is 7.70. The third-order valence-corrected chi connectivity index (χ3v) is 4.46. The summed E-state index contributed by atoms with van der Waals surface area (Å²) in [5, 5.41) is 0. The maximum Gasteiger partial charge on any atom is 0.141 e. The highest BCUT2D eigenvalue weighted by atomic mass is 16.1. The lowest BCUT2D eigenvalue weighted by Crippen LogP contribution is -2.08. The molecule has 0 spiro atoms. The average Bonchev–Trinajstić information content (AvgIpc) is 2.90. The Morgan fingerprint density at radius 3 is 2.62 bits per heavy atom. The molecule has 0 aromatic heterocycles. The quantitative estimate of drug-likeness (QED) is 0.821. The highest BCUT2D eigenvalue weighted by molar-refractivity contribution is 5.83. The molecule has 2 aromatic rings. The minimum Gasteiger partial charge on any atom is -0.299 e. The van der Waals surface area contributed by atoms with E-state index in [0.29, 0.717) is 18.6 Å². The summed E-state index contributed by atoms with van der Waals surface area (Å²) in [6.45, 7) is 4.16. The molecule has 0 atom stereocenters. The largest absolute Gasteiger partial charge is 0.299 e. The standard InChI is InChI=1S/C20H22O/c1-14-6-7-15(2)19(10-14)13-20(21)12-16-8-9-17-4-3-5-18(17)11-16/h6-11H,3-5,12-13H2,1-2H3. The van der Waals surface area contributed by atoms with Crippen LogP contribution in [-0.4, -0.2) is 5.78 Å². The molecule has 0 saturated heterocycles.